The number of carbonyl (C=O) groups is 2. The summed E-state index contributed by atoms with van der Waals surface area (Å²) in [7, 11) is 0. The molecule has 2 heterocycles. The second-order valence-electron chi connectivity index (χ2n) is 8.75. The highest BCUT2D eigenvalue weighted by Crippen LogP contribution is 2.57. The summed E-state index contributed by atoms with van der Waals surface area (Å²) in [6, 6.07) is 8.95. The predicted molar refractivity (Wildman–Crippen MR) is 116 cm³/mol. The summed E-state index contributed by atoms with van der Waals surface area (Å²) in [6.45, 7) is 3.93. The largest absolute Gasteiger partial charge is 0.351 e. The number of rotatable bonds is 8. The Labute approximate surface area is 186 Å². The quantitative estimate of drug-likeness (QED) is 0.653. The lowest BCUT2D eigenvalue weighted by Gasteiger charge is -2.20. The van der Waals surface area contributed by atoms with Crippen LogP contribution in [0, 0.1) is 11.3 Å². The van der Waals surface area contributed by atoms with E-state index < -0.39 is 11.8 Å². The molecule has 6 nitrogen and oxygen atoms in total. The maximum atomic E-state index is 14.3. The molecule has 2 N–H and O–H groups in total. The van der Waals surface area contributed by atoms with E-state index in [1.807, 2.05) is 6.07 Å². The highest BCUT2D eigenvalue weighted by Gasteiger charge is 2.52. The number of fused-ring (bicyclic) bond motifs is 1. The minimum Gasteiger partial charge on any atom is -0.351 e. The fraction of sp³-hybridized carbons (Fsp3) is 0.458. The summed E-state index contributed by atoms with van der Waals surface area (Å²) in [5.41, 5.74) is 1.85. The number of hydrogen-bond donors (Lipinski definition) is 2. The molecule has 32 heavy (non-hydrogen) atoms. The molecule has 170 valence electrons. The molecule has 1 saturated carbocycles. The number of nitrogens with one attached hydrogen (secondary N) is 2. The van der Waals surface area contributed by atoms with Crippen molar-refractivity contribution in [2.75, 3.05) is 13.1 Å². The van der Waals surface area contributed by atoms with Crippen LogP contribution in [0.1, 0.15) is 42.9 Å². The van der Waals surface area contributed by atoms with Crippen LogP contribution in [0.25, 0.3) is 0 Å². The van der Waals surface area contributed by atoms with Gasteiger partial charge in [0.1, 0.15) is 0 Å². The smallest absolute Gasteiger partial charge is 0.349 e. The average molecular weight is 443 g/mol. The summed E-state index contributed by atoms with van der Waals surface area (Å²) < 4.78 is 28.7. The van der Waals surface area contributed by atoms with Gasteiger partial charge in [0.25, 0.3) is 5.91 Å². The molecule has 1 aromatic heterocycles. The van der Waals surface area contributed by atoms with Crippen LogP contribution in [0.4, 0.5) is 13.6 Å². The van der Waals surface area contributed by atoms with Crippen molar-refractivity contribution in [3.8, 4) is 0 Å². The van der Waals surface area contributed by atoms with Crippen molar-refractivity contribution in [2.45, 2.75) is 45.2 Å². The van der Waals surface area contributed by atoms with Gasteiger partial charge in [0.2, 0.25) is 0 Å². The third kappa shape index (κ3) is 4.45. The molecule has 2 atom stereocenters. The van der Waals surface area contributed by atoms with Crippen molar-refractivity contribution in [3.05, 3.63) is 65.5 Å². The maximum Gasteiger partial charge on any atom is 0.349 e. The van der Waals surface area contributed by atoms with Gasteiger partial charge in [0, 0.05) is 44.1 Å². The second-order valence-corrected chi connectivity index (χ2v) is 8.75. The third-order valence-corrected chi connectivity index (χ3v) is 6.91. The molecule has 2 unspecified atom stereocenters. The highest BCUT2D eigenvalue weighted by atomic mass is 19.3. The maximum absolute atomic E-state index is 14.3. The van der Waals surface area contributed by atoms with Crippen LogP contribution >= 0.6 is 0 Å². The van der Waals surface area contributed by atoms with Gasteiger partial charge in [-0.25, -0.2) is 4.79 Å². The summed E-state index contributed by atoms with van der Waals surface area (Å²) in [4.78, 5) is 30.5. The third-order valence-electron chi connectivity index (χ3n) is 6.91. The molecule has 1 aromatic carbocycles. The number of carbonyl (C=O) groups excluding carboxylic acids is 2. The normalized spacial score (nSPS) is 21.7. The Kier molecular flexibility index (Phi) is 6.13. The van der Waals surface area contributed by atoms with Gasteiger partial charge in [-0.2, -0.15) is 8.78 Å². The Hall–Kier alpha value is -3.03. The minimum absolute atomic E-state index is 0.0273. The Balaban J connectivity index is 1.22. The van der Waals surface area contributed by atoms with Gasteiger partial charge >= 0.3 is 12.0 Å². The van der Waals surface area contributed by atoms with E-state index in [4.69, 9.17) is 0 Å². The van der Waals surface area contributed by atoms with Gasteiger partial charge in [-0.05, 0) is 41.4 Å². The van der Waals surface area contributed by atoms with Gasteiger partial charge in [-0.15, -0.1) is 0 Å². The van der Waals surface area contributed by atoms with E-state index in [1.165, 1.54) is 24.3 Å². The monoisotopic (exact) mass is 442 g/mol. The highest BCUT2D eigenvalue weighted by molar-refractivity contribution is 5.84. The molecule has 2 aliphatic rings. The van der Waals surface area contributed by atoms with E-state index in [0.717, 1.165) is 24.0 Å². The zero-order chi connectivity index (χ0) is 22.8. The summed E-state index contributed by atoms with van der Waals surface area (Å²) in [6.07, 6.45) is 5.93. The molecule has 2 aromatic rings. The number of benzene rings is 1. The number of alkyl halides is 2. The van der Waals surface area contributed by atoms with Crippen LogP contribution in [0.2, 0.25) is 0 Å². The summed E-state index contributed by atoms with van der Waals surface area (Å²) in [5.74, 6) is -4.54. The Morgan fingerprint density at radius 3 is 2.62 bits per heavy atom. The van der Waals surface area contributed by atoms with Gasteiger partial charge in [-0.3, -0.25) is 9.78 Å². The van der Waals surface area contributed by atoms with Crippen LogP contribution in [0.5, 0.6) is 0 Å². The fourth-order valence-electron chi connectivity index (χ4n) is 4.64. The second kappa shape index (κ2) is 8.84. The molecule has 3 amide bonds. The van der Waals surface area contributed by atoms with E-state index >= 15 is 0 Å². The van der Waals surface area contributed by atoms with Crippen LogP contribution in [0.15, 0.2) is 48.8 Å². The lowest BCUT2D eigenvalue weighted by molar-refractivity contribution is -0.147. The number of aromatic nitrogens is 1. The first-order valence-corrected chi connectivity index (χ1v) is 11.0. The predicted octanol–water partition coefficient (Wildman–Crippen LogP) is 3.82. The van der Waals surface area contributed by atoms with E-state index in [9.17, 15) is 18.4 Å². The Morgan fingerprint density at radius 2 is 1.91 bits per heavy atom. The molecule has 0 radical (unpaired) electrons. The molecule has 4 rings (SSSR count). The number of nitrogens with zero attached hydrogens (tertiary/aromatic N) is 2. The molecule has 0 bridgehead atoms. The van der Waals surface area contributed by atoms with Gasteiger partial charge < -0.3 is 15.5 Å². The standard InChI is InChI=1S/C24H28F2N4O2/c1-2-23(9-11-28-21(31)24(25,26)19-6-4-3-5-7-19)12-20(23)14-29-22(32)30-15-17-8-10-27-13-18(17)16-30/h3-8,10,13,20H,2,9,11-12,14-16H2,1H3,(H,28,31)(H,29,32). The summed E-state index contributed by atoms with van der Waals surface area (Å²) >= 11 is 0. The molecule has 0 spiro atoms. The zero-order valence-corrected chi connectivity index (χ0v) is 18.1. The molecular weight excluding hydrogens is 414 g/mol. The van der Waals surface area contributed by atoms with Crippen molar-refractivity contribution < 1.29 is 18.4 Å². The minimum atomic E-state index is -3.56. The summed E-state index contributed by atoms with van der Waals surface area (Å²) in [5, 5.41) is 5.42. The van der Waals surface area contributed by atoms with Crippen molar-refractivity contribution in [1.29, 1.82) is 0 Å². The van der Waals surface area contributed by atoms with Crippen molar-refractivity contribution in [1.82, 2.24) is 20.5 Å². The first kappa shape index (κ1) is 22.2. The first-order valence-electron chi connectivity index (χ1n) is 11.0. The average Bonchev–Trinajstić information content (AvgIpc) is 3.33. The van der Waals surface area contributed by atoms with E-state index in [1.54, 1.807) is 23.4 Å². The molecule has 1 aliphatic carbocycles. The number of amides is 3. The van der Waals surface area contributed by atoms with Crippen LogP contribution < -0.4 is 10.6 Å². The number of halogens is 2. The van der Waals surface area contributed by atoms with Gasteiger partial charge in [0.15, 0.2) is 0 Å². The van der Waals surface area contributed by atoms with Gasteiger partial charge in [-0.1, -0.05) is 43.7 Å². The number of urea groups is 1. The first-order chi connectivity index (χ1) is 15.4. The molecular formula is C24H28F2N4O2. The number of pyridine rings is 1. The van der Waals surface area contributed by atoms with E-state index in [-0.39, 0.29) is 29.5 Å². The Morgan fingerprint density at radius 1 is 1.16 bits per heavy atom. The van der Waals surface area contributed by atoms with E-state index in [0.29, 0.717) is 26.1 Å². The number of hydrogen-bond acceptors (Lipinski definition) is 3. The molecule has 8 heteroatoms. The molecule has 1 aliphatic heterocycles. The van der Waals surface area contributed by atoms with E-state index in [2.05, 4.69) is 22.5 Å². The lowest BCUT2D eigenvalue weighted by atomic mass is 9.95. The van der Waals surface area contributed by atoms with Gasteiger partial charge in [0.05, 0.1) is 0 Å². The molecule has 1 fully saturated rings. The van der Waals surface area contributed by atoms with Crippen molar-refractivity contribution in [2.24, 2.45) is 11.3 Å². The van der Waals surface area contributed by atoms with Crippen molar-refractivity contribution in [3.63, 3.8) is 0 Å². The van der Waals surface area contributed by atoms with Crippen LogP contribution in [-0.2, 0) is 23.8 Å². The topological polar surface area (TPSA) is 74.3 Å². The SMILES string of the molecule is CCC1(CCNC(=O)C(F)(F)c2ccccc2)CC1CNC(=O)N1Cc2ccncc2C1. The Bertz CT molecular complexity index is 960. The van der Waals surface area contributed by atoms with Crippen molar-refractivity contribution >= 4 is 11.9 Å². The lowest BCUT2D eigenvalue weighted by Crippen LogP contribution is -2.39. The fourth-order valence-corrected chi connectivity index (χ4v) is 4.64. The van der Waals surface area contributed by atoms with Crippen LogP contribution in [-0.4, -0.2) is 34.9 Å². The zero-order valence-electron chi connectivity index (χ0n) is 18.1. The molecule has 0 saturated heterocycles. The van der Waals surface area contributed by atoms with Crippen LogP contribution in [0.3, 0.4) is 0 Å².